The molecule has 0 aliphatic carbocycles. The van der Waals surface area contributed by atoms with Crippen molar-refractivity contribution in [2.45, 2.75) is 45.6 Å². The van der Waals surface area contributed by atoms with Crippen LogP contribution < -0.4 is 5.32 Å². The summed E-state index contributed by atoms with van der Waals surface area (Å²) in [6.07, 6.45) is 5.79. The van der Waals surface area contributed by atoms with Crippen LogP contribution in [0.15, 0.2) is 0 Å². The maximum Gasteiger partial charge on any atom is 0.211 e. The zero-order chi connectivity index (χ0) is 13.8. The predicted molar refractivity (Wildman–Crippen MR) is 76.1 cm³/mol. The van der Waals surface area contributed by atoms with Crippen molar-refractivity contribution in [1.82, 2.24) is 9.62 Å². The van der Waals surface area contributed by atoms with E-state index in [-0.39, 0.29) is 0 Å². The summed E-state index contributed by atoms with van der Waals surface area (Å²) in [7, 11) is -1.01. The summed E-state index contributed by atoms with van der Waals surface area (Å²) in [4.78, 5) is 0. The molecule has 1 fully saturated rings. The molecule has 1 saturated heterocycles. The van der Waals surface area contributed by atoms with Gasteiger partial charge in [0, 0.05) is 19.1 Å². The molecule has 0 radical (unpaired) electrons. The van der Waals surface area contributed by atoms with Crippen molar-refractivity contribution in [3.63, 3.8) is 0 Å². The highest BCUT2D eigenvalue weighted by Crippen LogP contribution is 2.26. The third kappa shape index (κ3) is 5.24. The van der Waals surface area contributed by atoms with E-state index in [1.54, 1.807) is 4.31 Å². The Labute approximate surface area is 112 Å². The van der Waals surface area contributed by atoms with E-state index >= 15 is 0 Å². The van der Waals surface area contributed by atoms with Gasteiger partial charge in [-0.05, 0) is 51.5 Å². The van der Waals surface area contributed by atoms with Gasteiger partial charge in [0.25, 0.3) is 0 Å². The Morgan fingerprint density at radius 1 is 1.39 bits per heavy atom. The minimum atomic E-state index is -3.00. The van der Waals surface area contributed by atoms with Crippen LogP contribution in [0, 0.1) is 11.8 Å². The van der Waals surface area contributed by atoms with E-state index in [2.05, 4.69) is 19.2 Å². The van der Waals surface area contributed by atoms with Crippen LogP contribution in [0.1, 0.15) is 39.5 Å². The van der Waals surface area contributed by atoms with E-state index in [9.17, 15) is 8.42 Å². The number of sulfonamides is 1. The van der Waals surface area contributed by atoms with Gasteiger partial charge in [-0.3, -0.25) is 0 Å². The summed E-state index contributed by atoms with van der Waals surface area (Å²) in [6.45, 7) is 5.89. The van der Waals surface area contributed by atoms with Gasteiger partial charge in [-0.1, -0.05) is 6.92 Å². The Balaban J connectivity index is 2.43. The average molecular weight is 276 g/mol. The minimum Gasteiger partial charge on any atom is -0.317 e. The number of rotatable bonds is 6. The quantitative estimate of drug-likeness (QED) is 0.803. The lowest BCUT2D eigenvalue weighted by atomic mass is 9.87. The van der Waals surface area contributed by atoms with Gasteiger partial charge in [-0.15, -0.1) is 0 Å². The molecular weight excluding hydrogens is 248 g/mol. The van der Waals surface area contributed by atoms with Crippen LogP contribution in [0.2, 0.25) is 0 Å². The average Bonchev–Trinajstić information content (AvgIpc) is 2.27. The van der Waals surface area contributed by atoms with Gasteiger partial charge in [0.15, 0.2) is 0 Å². The molecule has 0 aromatic heterocycles. The van der Waals surface area contributed by atoms with Crippen LogP contribution in [-0.4, -0.2) is 45.2 Å². The highest BCUT2D eigenvalue weighted by Gasteiger charge is 2.26. The Morgan fingerprint density at radius 3 is 2.61 bits per heavy atom. The first kappa shape index (κ1) is 15.9. The molecule has 1 aliphatic heterocycles. The summed E-state index contributed by atoms with van der Waals surface area (Å²) in [5.74, 6) is 1.18. The molecule has 1 rings (SSSR count). The van der Waals surface area contributed by atoms with Crippen LogP contribution in [0.5, 0.6) is 0 Å². The molecule has 0 aromatic rings. The molecule has 0 spiro atoms. The summed E-state index contributed by atoms with van der Waals surface area (Å²) in [5.41, 5.74) is 0. The molecule has 1 aliphatic rings. The van der Waals surface area contributed by atoms with Gasteiger partial charge >= 0.3 is 0 Å². The molecule has 0 saturated carbocycles. The fraction of sp³-hybridized carbons (Fsp3) is 1.00. The SMILES string of the molecule is CNC(C)CC(C)CC1CCCN(S(C)(=O)=O)C1. The first-order valence-electron chi connectivity index (χ1n) is 6.95. The monoisotopic (exact) mass is 276 g/mol. The van der Waals surface area contributed by atoms with E-state index in [0.717, 1.165) is 25.8 Å². The van der Waals surface area contributed by atoms with E-state index in [0.29, 0.717) is 24.4 Å². The van der Waals surface area contributed by atoms with Crippen LogP contribution in [0.3, 0.4) is 0 Å². The Morgan fingerprint density at radius 2 is 2.06 bits per heavy atom. The predicted octanol–water partition coefficient (Wildman–Crippen LogP) is 1.68. The molecule has 0 aromatic carbocycles. The minimum absolute atomic E-state index is 0.535. The summed E-state index contributed by atoms with van der Waals surface area (Å²) in [6, 6.07) is 0.537. The molecule has 3 atom stereocenters. The molecular formula is C13H28N2O2S. The van der Waals surface area contributed by atoms with Crippen LogP contribution in [0.25, 0.3) is 0 Å². The Hall–Kier alpha value is -0.130. The Bertz CT molecular complexity index is 343. The second-order valence-electron chi connectivity index (χ2n) is 5.90. The lowest BCUT2D eigenvalue weighted by molar-refractivity contribution is 0.227. The van der Waals surface area contributed by atoms with Crippen molar-refractivity contribution in [2.75, 3.05) is 26.4 Å². The summed E-state index contributed by atoms with van der Waals surface area (Å²) >= 11 is 0. The number of hydrogen-bond acceptors (Lipinski definition) is 3. The molecule has 1 heterocycles. The standard InChI is InChI=1S/C13H28N2O2S/c1-11(8-12(2)14-3)9-13-6-5-7-15(10-13)18(4,16)17/h11-14H,5-10H2,1-4H3. The van der Waals surface area contributed by atoms with Crippen LogP contribution in [0.4, 0.5) is 0 Å². The molecule has 18 heavy (non-hydrogen) atoms. The van der Waals surface area contributed by atoms with Crippen LogP contribution in [-0.2, 0) is 10.0 Å². The highest BCUT2D eigenvalue weighted by atomic mass is 32.2. The highest BCUT2D eigenvalue weighted by molar-refractivity contribution is 7.88. The second-order valence-corrected chi connectivity index (χ2v) is 7.88. The van der Waals surface area contributed by atoms with Crippen molar-refractivity contribution < 1.29 is 8.42 Å². The second kappa shape index (κ2) is 6.87. The van der Waals surface area contributed by atoms with Gasteiger partial charge in [0.05, 0.1) is 6.26 Å². The molecule has 3 unspecified atom stereocenters. The first-order valence-corrected chi connectivity index (χ1v) is 8.80. The van der Waals surface area contributed by atoms with Crippen LogP contribution >= 0.6 is 0 Å². The van der Waals surface area contributed by atoms with E-state index in [4.69, 9.17) is 0 Å². The number of nitrogens with zero attached hydrogens (tertiary/aromatic N) is 1. The number of hydrogen-bond donors (Lipinski definition) is 1. The molecule has 0 amide bonds. The van der Waals surface area contributed by atoms with E-state index < -0.39 is 10.0 Å². The number of nitrogens with one attached hydrogen (secondary N) is 1. The fourth-order valence-electron chi connectivity index (χ4n) is 2.91. The summed E-state index contributed by atoms with van der Waals surface area (Å²) < 4.78 is 24.8. The lowest BCUT2D eigenvalue weighted by Gasteiger charge is -2.32. The smallest absolute Gasteiger partial charge is 0.211 e. The number of piperidine rings is 1. The molecule has 1 N–H and O–H groups in total. The summed E-state index contributed by atoms with van der Waals surface area (Å²) in [5, 5.41) is 3.26. The van der Waals surface area contributed by atoms with E-state index in [1.807, 2.05) is 7.05 Å². The van der Waals surface area contributed by atoms with Gasteiger partial charge in [-0.2, -0.15) is 0 Å². The maximum atomic E-state index is 11.6. The van der Waals surface area contributed by atoms with Crippen molar-refractivity contribution in [2.24, 2.45) is 11.8 Å². The maximum absolute atomic E-state index is 11.6. The third-order valence-electron chi connectivity index (χ3n) is 3.94. The van der Waals surface area contributed by atoms with Gasteiger partial charge in [-0.25, -0.2) is 12.7 Å². The molecule has 5 heteroatoms. The topological polar surface area (TPSA) is 49.4 Å². The van der Waals surface area contributed by atoms with Crippen molar-refractivity contribution in [3.05, 3.63) is 0 Å². The van der Waals surface area contributed by atoms with E-state index in [1.165, 1.54) is 12.7 Å². The normalized spacial score (nSPS) is 25.9. The third-order valence-corrected chi connectivity index (χ3v) is 5.20. The van der Waals surface area contributed by atoms with Gasteiger partial charge in [0.2, 0.25) is 10.0 Å². The van der Waals surface area contributed by atoms with Gasteiger partial charge < -0.3 is 5.32 Å². The lowest BCUT2D eigenvalue weighted by Crippen LogP contribution is -2.39. The molecule has 108 valence electrons. The zero-order valence-electron chi connectivity index (χ0n) is 12.1. The molecule has 0 bridgehead atoms. The van der Waals surface area contributed by atoms with Crippen molar-refractivity contribution in [1.29, 1.82) is 0 Å². The van der Waals surface area contributed by atoms with Crippen molar-refractivity contribution >= 4 is 10.0 Å². The van der Waals surface area contributed by atoms with Crippen molar-refractivity contribution in [3.8, 4) is 0 Å². The fourth-order valence-corrected chi connectivity index (χ4v) is 3.85. The largest absolute Gasteiger partial charge is 0.317 e. The van der Waals surface area contributed by atoms with Gasteiger partial charge in [0.1, 0.15) is 0 Å². The Kier molecular flexibility index (Phi) is 6.08. The molecule has 4 nitrogen and oxygen atoms in total. The zero-order valence-corrected chi connectivity index (χ0v) is 13.0. The first-order chi connectivity index (χ1) is 8.32.